The number of pyridine rings is 1. The third kappa shape index (κ3) is 5.12. The first-order valence-electron chi connectivity index (χ1n) is 11.1. The molecule has 2 aromatic carbocycles. The zero-order valence-electron chi connectivity index (χ0n) is 18.5. The van der Waals surface area contributed by atoms with Crippen molar-refractivity contribution >= 4 is 17.5 Å². The van der Waals surface area contributed by atoms with Crippen LogP contribution < -0.4 is 15.0 Å². The molecule has 8 heteroatoms. The molecule has 2 amide bonds. The predicted octanol–water partition coefficient (Wildman–Crippen LogP) is 4.69. The van der Waals surface area contributed by atoms with Crippen molar-refractivity contribution in [3.05, 3.63) is 91.3 Å². The van der Waals surface area contributed by atoms with Crippen LogP contribution in [-0.4, -0.2) is 52.3 Å². The minimum Gasteiger partial charge on any atom is -0.457 e. The maximum atomic E-state index is 12.7. The third-order valence-electron chi connectivity index (χ3n) is 5.60. The van der Waals surface area contributed by atoms with E-state index in [1.165, 1.54) is 0 Å². The van der Waals surface area contributed by atoms with Crippen molar-refractivity contribution in [2.24, 2.45) is 0 Å². The molecule has 1 fully saturated rings. The van der Waals surface area contributed by atoms with Crippen molar-refractivity contribution in [2.75, 3.05) is 36.4 Å². The topological polar surface area (TPSA) is 83.5 Å². The first-order valence-corrected chi connectivity index (χ1v) is 11.1. The standard InChI is InChI=1S/C26H24N6O2/c33-26(28-21-6-8-23(9-7-21)34-22-4-2-1-3-5-22)32-18-16-31(17-19-32)25-11-10-24(29-30-25)20-12-14-27-15-13-20/h1-15H,16-19H2,(H,28,33). The number of amides is 2. The highest BCUT2D eigenvalue weighted by molar-refractivity contribution is 5.89. The summed E-state index contributed by atoms with van der Waals surface area (Å²) in [5.41, 5.74) is 2.52. The lowest BCUT2D eigenvalue weighted by Gasteiger charge is -2.35. The molecular formula is C26H24N6O2. The van der Waals surface area contributed by atoms with E-state index in [9.17, 15) is 4.79 Å². The molecule has 5 rings (SSSR count). The van der Waals surface area contributed by atoms with E-state index in [0.717, 1.165) is 28.5 Å². The van der Waals surface area contributed by atoms with Crippen LogP contribution in [-0.2, 0) is 0 Å². The van der Waals surface area contributed by atoms with E-state index in [4.69, 9.17) is 4.74 Å². The van der Waals surface area contributed by atoms with Gasteiger partial charge in [0.2, 0.25) is 0 Å². The molecule has 3 heterocycles. The van der Waals surface area contributed by atoms with Gasteiger partial charge in [-0.3, -0.25) is 4.98 Å². The fraction of sp³-hybridized carbons (Fsp3) is 0.154. The molecular weight excluding hydrogens is 428 g/mol. The van der Waals surface area contributed by atoms with Gasteiger partial charge in [-0.1, -0.05) is 18.2 Å². The Morgan fingerprint density at radius 2 is 1.47 bits per heavy atom. The molecule has 1 aliphatic rings. The fourth-order valence-electron chi connectivity index (χ4n) is 3.74. The van der Waals surface area contributed by atoms with Crippen molar-refractivity contribution in [3.63, 3.8) is 0 Å². The van der Waals surface area contributed by atoms with Gasteiger partial charge in [0.15, 0.2) is 5.82 Å². The van der Waals surface area contributed by atoms with Gasteiger partial charge in [-0.25, -0.2) is 4.79 Å². The van der Waals surface area contributed by atoms with Gasteiger partial charge < -0.3 is 19.9 Å². The van der Waals surface area contributed by atoms with Gasteiger partial charge in [0.25, 0.3) is 0 Å². The second-order valence-corrected chi connectivity index (χ2v) is 7.86. The maximum absolute atomic E-state index is 12.7. The maximum Gasteiger partial charge on any atom is 0.321 e. The first kappa shape index (κ1) is 21.4. The Balaban J connectivity index is 1.12. The summed E-state index contributed by atoms with van der Waals surface area (Å²) in [4.78, 5) is 20.7. The minimum atomic E-state index is -0.115. The highest BCUT2D eigenvalue weighted by Crippen LogP contribution is 2.23. The van der Waals surface area contributed by atoms with Crippen LogP contribution in [0.3, 0.4) is 0 Å². The number of carbonyl (C=O) groups excluding carboxylic acids is 1. The first-order chi connectivity index (χ1) is 16.7. The summed E-state index contributed by atoms with van der Waals surface area (Å²) in [6.45, 7) is 2.60. The quantitative estimate of drug-likeness (QED) is 0.473. The van der Waals surface area contributed by atoms with E-state index in [2.05, 4.69) is 25.4 Å². The zero-order chi connectivity index (χ0) is 23.2. The average Bonchev–Trinajstić information content (AvgIpc) is 2.91. The summed E-state index contributed by atoms with van der Waals surface area (Å²) >= 11 is 0. The third-order valence-corrected chi connectivity index (χ3v) is 5.60. The van der Waals surface area contributed by atoms with Crippen LogP contribution >= 0.6 is 0 Å². The second-order valence-electron chi connectivity index (χ2n) is 7.86. The van der Waals surface area contributed by atoms with Crippen LogP contribution in [0.4, 0.5) is 16.3 Å². The molecule has 0 saturated carbocycles. The molecule has 34 heavy (non-hydrogen) atoms. The van der Waals surface area contributed by atoms with Crippen molar-refractivity contribution in [1.82, 2.24) is 20.1 Å². The Kier molecular flexibility index (Phi) is 6.29. The molecule has 4 aromatic rings. The molecule has 0 bridgehead atoms. The van der Waals surface area contributed by atoms with E-state index in [0.29, 0.717) is 31.9 Å². The summed E-state index contributed by atoms with van der Waals surface area (Å²) in [6.07, 6.45) is 3.48. The highest BCUT2D eigenvalue weighted by Gasteiger charge is 2.22. The molecule has 2 aromatic heterocycles. The van der Waals surface area contributed by atoms with Crippen molar-refractivity contribution in [3.8, 4) is 22.8 Å². The Bertz CT molecular complexity index is 1210. The van der Waals surface area contributed by atoms with Gasteiger partial charge in [0, 0.05) is 49.8 Å². The lowest BCUT2D eigenvalue weighted by Crippen LogP contribution is -2.50. The number of urea groups is 1. The van der Waals surface area contributed by atoms with Crippen LogP contribution in [0.5, 0.6) is 11.5 Å². The number of ether oxygens (including phenoxy) is 1. The number of piperazine rings is 1. The van der Waals surface area contributed by atoms with Gasteiger partial charge in [0.1, 0.15) is 11.5 Å². The van der Waals surface area contributed by atoms with Crippen LogP contribution in [0.25, 0.3) is 11.3 Å². The lowest BCUT2D eigenvalue weighted by atomic mass is 10.2. The number of nitrogens with one attached hydrogen (secondary N) is 1. The minimum absolute atomic E-state index is 0.115. The van der Waals surface area contributed by atoms with Gasteiger partial charge >= 0.3 is 6.03 Å². The molecule has 0 aliphatic carbocycles. The van der Waals surface area contributed by atoms with Gasteiger partial charge in [-0.05, 0) is 60.7 Å². The Morgan fingerprint density at radius 1 is 0.765 bits per heavy atom. The molecule has 0 unspecified atom stereocenters. The monoisotopic (exact) mass is 452 g/mol. The van der Waals surface area contributed by atoms with Crippen LogP contribution in [0.2, 0.25) is 0 Å². The number of rotatable bonds is 5. The summed E-state index contributed by atoms with van der Waals surface area (Å²) in [7, 11) is 0. The molecule has 170 valence electrons. The van der Waals surface area contributed by atoms with E-state index >= 15 is 0 Å². The molecule has 0 radical (unpaired) electrons. The van der Waals surface area contributed by atoms with E-state index in [1.807, 2.05) is 83.8 Å². The molecule has 1 saturated heterocycles. The second kappa shape index (κ2) is 9.99. The summed E-state index contributed by atoms with van der Waals surface area (Å²) in [5, 5.41) is 11.7. The van der Waals surface area contributed by atoms with E-state index in [1.54, 1.807) is 12.4 Å². The molecule has 1 N–H and O–H groups in total. The largest absolute Gasteiger partial charge is 0.457 e. The molecule has 0 spiro atoms. The number of aromatic nitrogens is 3. The number of carbonyl (C=O) groups is 1. The van der Waals surface area contributed by atoms with Crippen molar-refractivity contribution in [1.29, 1.82) is 0 Å². The molecule has 8 nitrogen and oxygen atoms in total. The van der Waals surface area contributed by atoms with Crippen LogP contribution in [0.15, 0.2) is 91.3 Å². The van der Waals surface area contributed by atoms with Gasteiger partial charge in [0.05, 0.1) is 5.69 Å². The number of hydrogen-bond donors (Lipinski definition) is 1. The van der Waals surface area contributed by atoms with Crippen molar-refractivity contribution in [2.45, 2.75) is 0 Å². The van der Waals surface area contributed by atoms with Gasteiger partial charge in [-0.15, -0.1) is 10.2 Å². The molecule has 0 atom stereocenters. The summed E-state index contributed by atoms with van der Waals surface area (Å²) < 4.78 is 5.80. The van der Waals surface area contributed by atoms with Gasteiger partial charge in [-0.2, -0.15) is 0 Å². The lowest BCUT2D eigenvalue weighted by molar-refractivity contribution is 0.208. The number of para-hydroxylation sites is 1. The highest BCUT2D eigenvalue weighted by atomic mass is 16.5. The van der Waals surface area contributed by atoms with E-state index < -0.39 is 0 Å². The van der Waals surface area contributed by atoms with E-state index in [-0.39, 0.29) is 6.03 Å². The normalized spacial score (nSPS) is 13.4. The Labute approximate surface area is 197 Å². The number of benzene rings is 2. The Morgan fingerprint density at radius 3 is 2.15 bits per heavy atom. The van der Waals surface area contributed by atoms with Crippen LogP contribution in [0, 0.1) is 0 Å². The summed E-state index contributed by atoms with van der Waals surface area (Å²) in [5.74, 6) is 2.30. The molecule has 1 aliphatic heterocycles. The van der Waals surface area contributed by atoms with Crippen molar-refractivity contribution < 1.29 is 9.53 Å². The van der Waals surface area contributed by atoms with Crippen LogP contribution in [0.1, 0.15) is 0 Å². The fourth-order valence-corrected chi connectivity index (χ4v) is 3.74. The number of hydrogen-bond acceptors (Lipinski definition) is 6. The Hall–Kier alpha value is -4.46. The number of nitrogens with zero attached hydrogens (tertiary/aromatic N) is 5. The smallest absolute Gasteiger partial charge is 0.321 e. The predicted molar refractivity (Wildman–Crippen MR) is 131 cm³/mol. The summed E-state index contributed by atoms with van der Waals surface area (Å²) in [6, 6.07) is 24.6. The SMILES string of the molecule is O=C(Nc1ccc(Oc2ccccc2)cc1)N1CCN(c2ccc(-c3ccncc3)nn2)CC1. The number of anilines is 2. The average molecular weight is 453 g/mol. The zero-order valence-corrected chi connectivity index (χ0v) is 18.5.